The molecule has 0 aromatic rings. The maximum Gasteiger partial charge on any atom is 0.119 e. The van der Waals surface area contributed by atoms with Gasteiger partial charge in [0.25, 0.3) is 0 Å². The van der Waals surface area contributed by atoms with Crippen LogP contribution in [-0.4, -0.2) is 28.7 Å². The molecule has 0 amide bonds. The summed E-state index contributed by atoms with van der Waals surface area (Å²) in [5.41, 5.74) is 0. The monoisotopic (exact) mass is 274 g/mol. The Bertz CT molecular complexity index is 95.7. The van der Waals surface area contributed by atoms with Crippen LogP contribution < -0.4 is 0 Å². The highest BCUT2D eigenvalue weighted by Gasteiger charge is 2.08. The quantitative estimate of drug-likeness (QED) is 0.441. The summed E-state index contributed by atoms with van der Waals surface area (Å²) in [7, 11) is 0. The van der Waals surface area contributed by atoms with E-state index in [2.05, 4.69) is 0 Å². The zero-order valence-electron chi connectivity index (χ0n) is 6.56. The molecule has 2 atom stereocenters. The molecule has 0 aliphatic heterocycles. The molecular weight excluding hydrogens is 259 g/mol. The molecule has 0 rings (SSSR count). The smallest absolute Gasteiger partial charge is 0.119 e. The van der Waals surface area contributed by atoms with Crippen molar-refractivity contribution >= 4 is 30.3 Å². The molecule has 68 valence electrons. The maximum absolute atomic E-state index is 9.81. The van der Waals surface area contributed by atoms with Crippen molar-refractivity contribution in [3.05, 3.63) is 0 Å². The van der Waals surface area contributed by atoms with Crippen molar-refractivity contribution in [2.75, 3.05) is 0 Å². The molecule has 11 heavy (non-hydrogen) atoms. The first-order valence-corrected chi connectivity index (χ1v) is 3.48. The second-order valence-corrected chi connectivity index (χ2v) is 2.41. The van der Waals surface area contributed by atoms with Gasteiger partial charge >= 0.3 is 0 Å². The van der Waals surface area contributed by atoms with Crippen molar-refractivity contribution in [2.45, 2.75) is 38.4 Å². The summed E-state index contributed by atoms with van der Waals surface area (Å²) in [6.07, 6.45) is 1.05. The number of carbonyl (C=O) groups excluding carboxylic acids is 1. The van der Waals surface area contributed by atoms with E-state index in [0.717, 1.165) is 6.29 Å². The molecule has 0 aromatic carbocycles. The number of unbranched alkanes of at least 4 members (excludes halogenated alkanes) is 1. The molecule has 2 unspecified atom stereocenters. The lowest BCUT2D eigenvalue weighted by Gasteiger charge is -2.11. The van der Waals surface area contributed by atoms with Gasteiger partial charge in [-0.25, -0.2) is 0 Å². The van der Waals surface area contributed by atoms with E-state index in [1.807, 2.05) is 0 Å². The third-order valence-corrected chi connectivity index (χ3v) is 1.38. The van der Waals surface area contributed by atoms with Gasteiger partial charge in [0.05, 0.1) is 12.2 Å². The minimum Gasteiger partial charge on any atom is -0.391 e. The van der Waals surface area contributed by atoms with Crippen molar-refractivity contribution in [3.8, 4) is 0 Å². The lowest BCUT2D eigenvalue weighted by atomic mass is 10.1. The molecule has 3 nitrogen and oxygen atoms in total. The summed E-state index contributed by atoms with van der Waals surface area (Å²) in [6, 6.07) is 0. The number of halogens is 1. The molecular formula is C7H15IO3. The van der Waals surface area contributed by atoms with E-state index in [-0.39, 0.29) is 24.0 Å². The Morgan fingerprint density at radius 2 is 2.00 bits per heavy atom. The van der Waals surface area contributed by atoms with Crippen molar-refractivity contribution < 1.29 is 15.0 Å². The van der Waals surface area contributed by atoms with Crippen LogP contribution in [0.4, 0.5) is 0 Å². The molecule has 0 bridgehead atoms. The minimum atomic E-state index is -0.688. The van der Waals surface area contributed by atoms with Gasteiger partial charge in [0.1, 0.15) is 6.29 Å². The number of aliphatic hydroxyl groups excluding tert-OH is 2. The van der Waals surface area contributed by atoms with E-state index < -0.39 is 12.2 Å². The number of hydrogen-bond acceptors (Lipinski definition) is 3. The highest BCUT2D eigenvalue weighted by Crippen LogP contribution is 2.02. The summed E-state index contributed by atoms with van der Waals surface area (Å²) in [5.74, 6) is 0. The maximum atomic E-state index is 9.81. The minimum absolute atomic E-state index is 0. The molecule has 4 heteroatoms. The van der Waals surface area contributed by atoms with E-state index in [0.29, 0.717) is 19.3 Å². The molecule has 0 aliphatic rings. The Kier molecular flexibility index (Phi) is 10.6. The predicted octanol–water partition coefficient (Wildman–Crippen LogP) is 0.715. The molecule has 0 aromatic heterocycles. The molecule has 0 fully saturated rings. The third-order valence-electron chi connectivity index (χ3n) is 1.38. The first-order valence-electron chi connectivity index (χ1n) is 3.48. The van der Waals surface area contributed by atoms with Crippen LogP contribution in [0.5, 0.6) is 0 Å². The van der Waals surface area contributed by atoms with Crippen LogP contribution in [0.15, 0.2) is 0 Å². The lowest BCUT2D eigenvalue weighted by Crippen LogP contribution is -2.21. The Morgan fingerprint density at radius 1 is 1.45 bits per heavy atom. The standard InChI is InChI=1S/C7H14O3.HI/c1-6(9)7(10)4-2-3-5-8;/h5-7,9-10H,2-4H2,1H3;1H. The number of hydrogen-bond donors (Lipinski definition) is 2. The van der Waals surface area contributed by atoms with Crippen molar-refractivity contribution in [3.63, 3.8) is 0 Å². The summed E-state index contributed by atoms with van der Waals surface area (Å²) in [5, 5.41) is 17.8. The van der Waals surface area contributed by atoms with Crippen molar-refractivity contribution in [1.82, 2.24) is 0 Å². The van der Waals surface area contributed by atoms with Crippen LogP contribution in [0, 0.1) is 0 Å². The lowest BCUT2D eigenvalue weighted by molar-refractivity contribution is -0.108. The molecule has 0 saturated carbocycles. The number of rotatable bonds is 5. The molecule has 0 spiro atoms. The Balaban J connectivity index is 0. The number of aliphatic hydroxyl groups is 2. The topological polar surface area (TPSA) is 57.5 Å². The predicted molar refractivity (Wildman–Crippen MR) is 53.0 cm³/mol. The molecule has 0 aliphatic carbocycles. The molecule has 0 radical (unpaired) electrons. The van der Waals surface area contributed by atoms with Crippen LogP contribution in [0.1, 0.15) is 26.2 Å². The Hall–Kier alpha value is 0.320. The normalized spacial score (nSPS) is 14.8. The summed E-state index contributed by atoms with van der Waals surface area (Å²) in [4.78, 5) is 9.81. The van der Waals surface area contributed by atoms with Gasteiger partial charge < -0.3 is 15.0 Å². The van der Waals surface area contributed by atoms with E-state index >= 15 is 0 Å². The van der Waals surface area contributed by atoms with E-state index in [9.17, 15) is 4.79 Å². The van der Waals surface area contributed by atoms with Gasteiger partial charge in [-0.15, -0.1) is 24.0 Å². The average Bonchev–Trinajstić information content (AvgIpc) is 1.88. The fourth-order valence-corrected chi connectivity index (χ4v) is 0.652. The van der Waals surface area contributed by atoms with Crippen LogP contribution in [-0.2, 0) is 4.79 Å². The second kappa shape index (κ2) is 8.42. The highest BCUT2D eigenvalue weighted by molar-refractivity contribution is 14.0. The van der Waals surface area contributed by atoms with Crippen LogP contribution in [0.2, 0.25) is 0 Å². The third kappa shape index (κ3) is 8.22. The SMILES string of the molecule is CC(O)C(O)CCCC=O.I. The fraction of sp³-hybridized carbons (Fsp3) is 0.857. The van der Waals surface area contributed by atoms with E-state index in [4.69, 9.17) is 10.2 Å². The van der Waals surface area contributed by atoms with Crippen LogP contribution in [0.3, 0.4) is 0 Å². The van der Waals surface area contributed by atoms with E-state index in [1.54, 1.807) is 0 Å². The Morgan fingerprint density at radius 3 is 2.36 bits per heavy atom. The van der Waals surface area contributed by atoms with Gasteiger partial charge in [0, 0.05) is 6.42 Å². The van der Waals surface area contributed by atoms with Crippen molar-refractivity contribution in [1.29, 1.82) is 0 Å². The van der Waals surface area contributed by atoms with Gasteiger partial charge in [0.2, 0.25) is 0 Å². The summed E-state index contributed by atoms with van der Waals surface area (Å²) < 4.78 is 0. The first kappa shape index (κ1) is 13.9. The van der Waals surface area contributed by atoms with Gasteiger partial charge in [-0.2, -0.15) is 0 Å². The average molecular weight is 274 g/mol. The van der Waals surface area contributed by atoms with Gasteiger partial charge in [0.15, 0.2) is 0 Å². The highest BCUT2D eigenvalue weighted by atomic mass is 127. The number of carbonyl (C=O) groups is 1. The van der Waals surface area contributed by atoms with Crippen LogP contribution >= 0.6 is 24.0 Å². The van der Waals surface area contributed by atoms with E-state index in [1.165, 1.54) is 6.92 Å². The molecule has 0 heterocycles. The first-order chi connectivity index (χ1) is 4.68. The second-order valence-electron chi connectivity index (χ2n) is 2.41. The molecule has 2 N–H and O–H groups in total. The largest absolute Gasteiger partial charge is 0.391 e. The fourth-order valence-electron chi connectivity index (χ4n) is 0.652. The van der Waals surface area contributed by atoms with Gasteiger partial charge in [-0.05, 0) is 19.8 Å². The Labute approximate surface area is 83.8 Å². The zero-order valence-corrected chi connectivity index (χ0v) is 8.89. The van der Waals surface area contributed by atoms with Gasteiger partial charge in [-0.3, -0.25) is 0 Å². The zero-order chi connectivity index (χ0) is 7.98. The summed E-state index contributed by atoms with van der Waals surface area (Å²) >= 11 is 0. The van der Waals surface area contributed by atoms with Crippen molar-refractivity contribution in [2.24, 2.45) is 0 Å². The van der Waals surface area contributed by atoms with Crippen LogP contribution in [0.25, 0.3) is 0 Å². The van der Waals surface area contributed by atoms with Gasteiger partial charge in [-0.1, -0.05) is 0 Å². The number of aldehydes is 1. The summed E-state index contributed by atoms with van der Waals surface area (Å²) in [6.45, 7) is 1.53. The molecule has 0 saturated heterocycles.